The molecule has 0 amide bonds. The highest BCUT2D eigenvalue weighted by molar-refractivity contribution is 7.89. The molecule has 0 bridgehead atoms. The third-order valence-electron chi connectivity index (χ3n) is 2.72. The van der Waals surface area contributed by atoms with Gasteiger partial charge in [0.15, 0.2) is 0 Å². The zero-order valence-electron chi connectivity index (χ0n) is 12.0. The molecular weight excluding hydrogens is 318 g/mol. The van der Waals surface area contributed by atoms with Gasteiger partial charge >= 0.3 is 5.97 Å². The summed E-state index contributed by atoms with van der Waals surface area (Å²) in [4.78, 5) is 10.8. The van der Waals surface area contributed by atoms with Crippen molar-refractivity contribution in [2.75, 3.05) is 13.7 Å². The molecule has 0 aliphatic rings. The molecule has 0 saturated heterocycles. The van der Waals surface area contributed by atoms with E-state index in [0.29, 0.717) is 5.56 Å². The first-order chi connectivity index (χ1) is 9.68. The van der Waals surface area contributed by atoms with Crippen LogP contribution in [0, 0.1) is 0 Å². The van der Waals surface area contributed by atoms with Crippen molar-refractivity contribution in [3.8, 4) is 0 Å². The van der Waals surface area contributed by atoms with Crippen molar-refractivity contribution in [2.24, 2.45) is 0 Å². The minimum Gasteiger partial charge on any atom is -0.480 e. The van der Waals surface area contributed by atoms with Gasteiger partial charge in [-0.2, -0.15) is 4.31 Å². The number of hydrogen-bond donors (Lipinski definition) is 1. The number of hydrogen-bond acceptors (Lipinski definition) is 4. The Morgan fingerprint density at radius 3 is 2.48 bits per heavy atom. The van der Waals surface area contributed by atoms with E-state index in [1.54, 1.807) is 19.9 Å². The Hall–Kier alpha value is -1.15. The molecule has 0 unspecified atom stereocenters. The van der Waals surface area contributed by atoms with Gasteiger partial charge in [0.05, 0.1) is 11.5 Å². The molecule has 0 fully saturated rings. The fraction of sp³-hybridized carbons (Fsp3) is 0.462. The number of aliphatic carboxylic acids is 1. The molecule has 118 valence electrons. The van der Waals surface area contributed by atoms with Crippen molar-refractivity contribution in [1.29, 1.82) is 0 Å². The van der Waals surface area contributed by atoms with Gasteiger partial charge in [-0.3, -0.25) is 4.79 Å². The Balaban J connectivity index is 3.30. The van der Waals surface area contributed by atoms with Gasteiger partial charge in [0.25, 0.3) is 0 Å². The van der Waals surface area contributed by atoms with Crippen LogP contribution in [0.5, 0.6) is 0 Å². The van der Waals surface area contributed by atoms with Gasteiger partial charge in [0.1, 0.15) is 6.54 Å². The van der Waals surface area contributed by atoms with Crippen molar-refractivity contribution in [3.05, 3.63) is 28.8 Å². The van der Waals surface area contributed by atoms with E-state index in [0.717, 1.165) is 4.31 Å². The van der Waals surface area contributed by atoms with Crippen LogP contribution in [0.15, 0.2) is 23.1 Å². The molecule has 0 atom stereocenters. The second kappa shape index (κ2) is 7.22. The van der Waals surface area contributed by atoms with E-state index in [1.807, 2.05) is 0 Å². The predicted octanol–water partition coefficient (Wildman–Crippen LogP) is 1.97. The lowest BCUT2D eigenvalue weighted by molar-refractivity contribution is -0.137. The van der Waals surface area contributed by atoms with E-state index in [-0.39, 0.29) is 16.5 Å². The fourth-order valence-electron chi connectivity index (χ4n) is 1.83. The highest BCUT2D eigenvalue weighted by atomic mass is 35.5. The number of carbonyl (C=O) groups is 1. The van der Waals surface area contributed by atoms with E-state index in [9.17, 15) is 13.2 Å². The number of methoxy groups -OCH3 is 1. The largest absolute Gasteiger partial charge is 0.480 e. The van der Waals surface area contributed by atoms with Gasteiger partial charge in [0.2, 0.25) is 10.0 Å². The summed E-state index contributed by atoms with van der Waals surface area (Å²) in [5, 5.41) is 9.14. The summed E-state index contributed by atoms with van der Waals surface area (Å²) in [6.07, 6.45) is 0. The first-order valence-corrected chi connectivity index (χ1v) is 8.02. The first-order valence-electron chi connectivity index (χ1n) is 6.20. The molecule has 0 aliphatic heterocycles. The maximum absolute atomic E-state index is 12.6. The van der Waals surface area contributed by atoms with Gasteiger partial charge in [-0.15, -0.1) is 0 Å². The van der Waals surface area contributed by atoms with Gasteiger partial charge in [-0.25, -0.2) is 8.42 Å². The molecule has 6 nitrogen and oxygen atoms in total. The highest BCUT2D eigenvalue weighted by Crippen LogP contribution is 2.24. The Morgan fingerprint density at radius 1 is 1.38 bits per heavy atom. The van der Waals surface area contributed by atoms with Crippen LogP contribution < -0.4 is 0 Å². The minimum absolute atomic E-state index is 0.0444. The van der Waals surface area contributed by atoms with E-state index >= 15 is 0 Å². The van der Waals surface area contributed by atoms with Crippen molar-refractivity contribution < 1.29 is 23.1 Å². The molecule has 1 aromatic carbocycles. The zero-order valence-corrected chi connectivity index (χ0v) is 13.6. The van der Waals surface area contributed by atoms with Crippen LogP contribution in [0.2, 0.25) is 5.02 Å². The fourth-order valence-corrected chi connectivity index (χ4v) is 3.84. The number of ether oxygens (including phenoxy) is 1. The van der Waals surface area contributed by atoms with Crippen LogP contribution >= 0.6 is 11.6 Å². The van der Waals surface area contributed by atoms with Crippen LogP contribution in [-0.2, 0) is 26.2 Å². The average Bonchev–Trinajstić information content (AvgIpc) is 2.35. The van der Waals surface area contributed by atoms with Crippen LogP contribution in [0.4, 0.5) is 0 Å². The lowest BCUT2D eigenvalue weighted by Crippen LogP contribution is -2.40. The Kier molecular flexibility index (Phi) is 6.15. The predicted molar refractivity (Wildman–Crippen MR) is 78.8 cm³/mol. The Bertz CT molecular complexity index is 615. The van der Waals surface area contributed by atoms with Gasteiger partial charge < -0.3 is 9.84 Å². The monoisotopic (exact) mass is 335 g/mol. The second-order valence-electron chi connectivity index (χ2n) is 4.77. The third-order valence-corrected chi connectivity index (χ3v) is 4.93. The van der Waals surface area contributed by atoms with Crippen LogP contribution in [-0.4, -0.2) is 43.5 Å². The van der Waals surface area contributed by atoms with E-state index in [4.69, 9.17) is 21.4 Å². The number of carboxylic acids is 1. The maximum atomic E-state index is 12.6. The van der Waals surface area contributed by atoms with Gasteiger partial charge in [0, 0.05) is 18.2 Å². The van der Waals surface area contributed by atoms with E-state index < -0.39 is 28.6 Å². The number of benzene rings is 1. The number of carboxylic acid groups (broad SMARTS) is 1. The van der Waals surface area contributed by atoms with Crippen LogP contribution in [0.25, 0.3) is 0 Å². The summed E-state index contributed by atoms with van der Waals surface area (Å²) >= 11 is 5.93. The molecular formula is C13H18ClNO5S. The smallest absolute Gasteiger partial charge is 0.318 e. The number of rotatable bonds is 7. The summed E-state index contributed by atoms with van der Waals surface area (Å²) in [6.45, 7) is 2.83. The Labute approximate surface area is 129 Å². The first kappa shape index (κ1) is 17.9. The highest BCUT2D eigenvalue weighted by Gasteiger charge is 2.29. The number of halogens is 1. The molecule has 8 heteroatoms. The molecule has 0 heterocycles. The third kappa shape index (κ3) is 4.67. The lowest BCUT2D eigenvalue weighted by atomic mass is 10.2. The van der Waals surface area contributed by atoms with Gasteiger partial charge in [-0.05, 0) is 37.6 Å². The Morgan fingerprint density at radius 2 is 2.00 bits per heavy atom. The molecule has 0 aliphatic carbocycles. The summed E-state index contributed by atoms with van der Waals surface area (Å²) in [5.41, 5.74) is 0.600. The standard InChI is InChI=1S/C13H18ClNO5S/c1-9(2)15(7-13(16)17)21(18,19)12-5-10(8-20-3)4-11(14)6-12/h4-6,9H,7-8H2,1-3H3,(H,16,17). The van der Waals surface area contributed by atoms with Crippen LogP contribution in [0.1, 0.15) is 19.4 Å². The molecule has 0 aromatic heterocycles. The topological polar surface area (TPSA) is 83.9 Å². The van der Waals surface area contributed by atoms with Crippen molar-refractivity contribution in [3.63, 3.8) is 0 Å². The second-order valence-corrected chi connectivity index (χ2v) is 7.09. The molecule has 0 radical (unpaired) electrons. The maximum Gasteiger partial charge on any atom is 0.318 e. The van der Waals surface area contributed by atoms with Crippen molar-refractivity contribution in [2.45, 2.75) is 31.4 Å². The number of sulfonamides is 1. The molecule has 1 rings (SSSR count). The molecule has 1 aromatic rings. The van der Waals surface area contributed by atoms with E-state index in [2.05, 4.69) is 0 Å². The zero-order chi connectivity index (χ0) is 16.2. The van der Waals surface area contributed by atoms with Gasteiger partial charge in [-0.1, -0.05) is 11.6 Å². The van der Waals surface area contributed by atoms with Crippen molar-refractivity contribution >= 4 is 27.6 Å². The normalized spacial score (nSPS) is 12.1. The minimum atomic E-state index is -3.95. The quantitative estimate of drug-likeness (QED) is 0.823. The molecule has 21 heavy (non-hydrogen) atoms. The van der Waals surface area contributed by atoms with E-state index in [1.165, 1.54) is 19.2 Å². The average molecular weight is 336 g/mol. The molecule has 0 spiro atoms. The number of nitrogens with zero attached hydrogens (tertiary/aromatic N) is 1. The molecule has 1 N–H and O–H groups in total. The summed E-state index contributed by atoms with van der Waals surface area (Å²) in [6, 6.07) is 3.84. The lowest BCUT2D eigenvalue weighted by Gasteiger charge is -2.24. The summed E-state index contributed by atoms with van der Waals surface area (Å²) in [5.74, 6) is -1.22. The molecule has 0 saturated carbocycles. The SMILES string of the molecule is COCc1cc(Cl)cc(S(=O)(=O)N(CC(=O)O)C(C)C)c1. The summed E-state index contributed by atoms with van der Waals surface area (Å²) < 4.78 is 31.0. The van der Waals surface area contributed by atoms with Crippen LogP contribution in [0.3, 0.4) is 0 Å². The summed E-state index contributed by atoms with van der Waals surface area (Å²) in [7, 11) is -2.46. The van der Waals surface area contributed by atoms with Crippen molar-refractivity contribution in [1.82, 2.24) is 4.31 Å².